The van der Waals surface area contributed by atoms with Gasteiger partial charge in [-0.15, -0.1) is 0 Å². The van der Waals surface area contributed by atoms with Crippen molar-refractivity contribution in [2.24, 2.45) is 5.92 Å². The third-order valence-corrected chi connectivity index (χ3v) is 4.48. The van der Waals surface area contributed by atoms with Crippen molar-refractivity contribution in [1.82, 2.24) is 10.6 Å². The van der Waals surface area contributed by atoms with Crippen LogP contribution in [0.2, 0.25) is 0 Å². The maximum absolute atomic E-state index is 12.4. The first kappa shape index (κ1) is 22.1. The number of amides is 2. The summed E-state index contributed by atoms with van der Waals surface area (Å²) < 4.78 is 5.12. The van der Waals surface area contributed by atoms with Crippen LogP contribution in [0.25, 0.3) is 0 Å². The average molecular weight is 396 g/mol. The molecule has 0 saturated carbocycles. The van der Waals surface area contributed by atoms with Crippen LogP contribution in [-0.4, -0.2) is 30.4 Å². The second kappa shape index (κ2) is 10.4. The second-order valence-electron chi connectivity index (χ2n) is 7.43. The molecule has 6 heteroatoms. The zero-order valence-corrected chi connectivity index (χ0v) is 17.3. The molecule has 2 aromatic carbocycles. The molecular weight excluding hydrogens is 368 g/mol. The molecule has 154 valence electrons. The molecule has 2 amide bonds. The van der Waals surface area contributed by atoms with E-state index in [0.717, 1.165) is 16.7 Å². The molecule has 0 aromatic heterocycles. The van der Waals surface area contributed by atoms with Crippen molar-refractivity contribution >= 4 is 17.8 Å². The summed E-state index contributed by atoms with van der Waals surface area (Å²) in [6, 6.07) is 14.0. The number of nitrogens with one attached hydrogen (secondary N) is 2. The Hall–Kier alpha value is -3.15. The summed E-state index contributed by atoms with van der Waals surface area (Å²) in [4.78, 5) is 36.8. The van der Waals surface area contributed by atoms with Gasteiger partial charge in [0.05, 0.1) is 0 Å². The maximum atomic E-state index is 12.4. The van der Waals surface area contributed by atoms with Crippen molar-refractivity contribution in [3.63, 3.8) is 0 Å². The van der Waals surface area contributed by atoms with E-state index in [1.165, 1.54) is 0 Å². The van der Waals surface area contributed by atoms with E-state index >= 15 is 0 Å². The minimum absolute atomic E-state index is 0.187. The van der Waals surface area contributed by atoms with Gasteiger partial charge in [0.1, 0.15) is 6.04 Å². The molecule has 0 radical (unpaired) electrons. The summed E-state index contributed by atoms with van der Waals surface area (Å²) in [7, 11) is 0. The Morgan fingerprint density at radius 3 is 2.00 bits per heavy atom. The van der Waals surface area contributed by atoms with Gasteiger partial charge in [0, 0.05) is 12.1 Å². The zero-order chi connectivity index (χ0) is 21.4. The van der Waals surface area contributed by atoms with Crippen LogP contribution >= 0.6 is 0 Å². The Balaban J connectivity index is 1.85. The van der Waals surface area contributed by atoms with Crippen LogP contribution < -0.4 is 10.6 Å². The van der Waals surface area contributed by atoms with E-state index in [4.69, 9.17) is 4.74 Å². The molecule has 1 unspecified atom stereocenters. The van der Waals surface area contributed by atoms with Crippen molar-refractivity contribution < 1.29 is 19.1 Å². The van der Waals surface area contributed by atoms with Gasteiger partial charge in [0.25, 0.3) is 11.8 Å². The summed E-state index contributed by atoms with van der Waals surface area (Å²) in [5, 5.41) is 5.40. The third kappa shape index (κ3) is 7.07. The molecule has 0 heterocycles. The standard InChI is InChI=1S/C23H28N2O4/c1-15(2)21(25-22(27)19-11-7-17(4)8-12-19)23(28)29-14-20(26)24-13-18-9-5-16(3)6-10-18/h5-12,15,21H,13-14H2,1-4H3,(H,24,26)(H,25,27). The number of rotatable bonds is 8. The van der Waals surface area contributed by atoms with Gasteiger partial charge in [0.15, 0.2) is 6.61 Å². The van der Waals surface area contributed by atoms with E-state index in [0.29, 0.717) is 12.1 Å². The molecule has 0 saturated heterocycles. The first-order chi connectivity index (χ1) is 13.8. The summed E-state index contributed by atoms with van der Waals surface area (Å²) in [5.41, 5.74) is 3.60. The number of carbonyl (C=O) groups is 3. The predicted molar refractivity (Wildman–Crippen MR) is 111 cm³/mol. The lowest BCUT2D eigenvalue weighted by molar-refractivity contribution is -0.151. The number of carbonyl (C=O) groups excluding carboxylic acids is 3. The maximum Gasteiger partial charge on any atom is 0.329 e. The highest BCUT2D eigenvalue weighted by molar-refractivity contribution is 5.97. The average Bonchev–Trinajstić information content (AvgIpc) is 2.69. The van der Waals surface area contributed by atoms with Gasteiger partial charge in [-0.1, -0.05) is 61.4 Å². The fraction of sp³-hybridized carbons (Fsp3) is 0.348. The highest BCUT2D eigenvalue weighted by atomic mass is 16.5. The molecule has 0 aliphatic carbocycles. The third-order valence-electron chi connectivity index (χ3n) is 4.48. The SMILES string of the molecule is Cc1ccc(CNC(=O)COC(=O)C(NC(=O)c2ccc(C)cc2)C(C)C)cc1. The molecule has 6 nitrogen and oxygen atoms in total. The quantitative estimate of drug-likeness (QED) is 0.672. The molecule has 0 bridgehead atoms. The Labute approximate surface area is 171 Å². The zero-order valence-electron chi connectivity index (χ0n) is 17.3. The monoisotopic (exact) mass is 396 g/mol. The molecule has 2 N–H and O–H groups in total. The molecule has 1 atom stereocenters. The van der Waals surface area contributed by atoms with E-state index in [2.05, 4.69) is 10.6 Å². The summed E-state index contributed by atoms with van der Waals surface area (Å²) in [5.74, 6) is -1.57. The van der Waals surface area contributed by atoms with Crippen molar-refractivity contribution in [1.29, 1.82) is 0 Å². The summed E-state index contributed by atoms with van der Waals surface area (Å²) in [6.45, 7) is 7.49. The molecule has 2 rings (SSSR count). The van der Waals surface area contributed by atoms with E-state index in [1.807, 2.05) is 50.2 Å². The van der Waals surface area contributed by atoms with Gasteiger partial charge in [-0.25, -0.2) is 4.79 Å². The number of esters is 1. The van der Waals surface area contributed by atoms with E-state index in [9.17, 15) is 14.4 Å². The molecule has 0 aliphatic heterocycles. The van der Waals surface area contributed by atoms with Gasteiger partial charge in [-0.3, -0.25) is 9.59 Å². The molecule has 0 aliphatic rings. The summed E-state index contributed by atoms with van der Waals surface area (Å²) >= 11 is 0. The van der Waals surface area contributed by atoms with Crippen LogP contribution in [0.15, 0.2) is 48.5 Å². The van der Waals surface area contributed by atoms with Gasteiger partial charge in [-0.2, -0.15) is 0 Å². The van der Waals surface area contributed by atoms with E-state index < -0.39 is 24.5 Å². The minimum Gasteiger partial charge on any atom is -0.454 e. The van der Waals surface area contributed by atoms with Crippen LogP contribution in [0.1, 0.15) is 40.9 Å². The van der Waals surface area contributed by atoms with Gasteiger partial charge >= 0.3 is 5.97 Å². The molecule has 2 aromatic rings. The summed E-state index contributed by atoms with van der Waals surface area (Å²) in [6.07, 6.45) is 0. The van der Waals surface area contributed by atoms with Crippen LogP contribution in [0.3, 0.4) is 0 Å². The van der Waals surface area contributed by atoms with Gasteiger partial charge in [-0.05, 0) is 37.5 Å². The van der Waals surface area contributed by atoms with E-state index in [1.54, 1.807) is 26.0 Å². The van der Waals surface area contributed by atoms with Crippen molar-refractivity contribution in [3.05, 3.63) is 70.8 Å². The van der Waals surface area contributed by atoms with Crippen molar-refractivity contribution in [2.75, 3.05) is 6.61 Å². The fourth-order valence-corrected chi connectivity index (χ4v) is 2.61. The first-order valence-corrected chi connectivity index (χ1v) is 9.62. The Bertz CT molecular complexity index is 842. The number of hydrogen-bond donors (Lipinski definition) is 2. The van der Waals surface area contributed by atoms with E-state index in [-0.39, 0.29) is 11.8 Å². The van der Waals surface area contributed by atoms with Crippen LogP contribution in [-0.2, 0) is 20.9 Å². The Kier molecular flexibility index (Phi) is 7.95. The van der Waals surface area contributed by atoms with Gasteiger partial charge < -0.3 is 15.4 Å². The number of hydrogen-bond acceptors (Lipinski definition) is 4. The molecule has 0 spiro atoms. The second-order valence-corrected chi connectivity index (χ2v) is 7.43. The number of aryl methyl sites for hydroxylation is 2. The van der Waals surface area contributed by atoms with Crippen LogP contribution in [0, 0.1) is 19.8 Å². The largest absolute Gasteiger partial charge is 0.454 e. The Morgan fingerprint density at radius 1 is 0.897 bits per heavy atom. The highest BCUT2D eigenvalue weighted by Gasteiger charge is 2.26. The lowest BCUT2D eigenvalue weighted by Crippen LogP contribution is -2.46. The van der Waals surface area contributed by atoms with Crippen LogP contribution in [0.5, 0.6) is 0 Å². The van der Waals surface area contributed by atoms with Crippen molar-refractivity contribution in [2.45, 2.75) is 40.3 Å². The normalized spacial score (nSPS) is 11.6. The van der Waals surface area contributed by atoms with Crippen molar-refractivity contribution in [3.8, 4) is 0 Å². The lowest BCUT2D eigenvalue weighted by atomic mass is 10.0. The van der Waals surface area contributed by atoms with Gasteiger partial charge in [0.2, 0.25) is 0 Å². The minimum atomic E-state index is -0.839. The lowest BCUT2D eigenvalue weighted by Gasteiger charge is -2.21. The molecule has 29 heavy (non-hydrogen) atoms. The van der Waals surface area contributed by atoms with Crippen LogP contribution in [0.4, 0.5) is 0 Å². The fourth-order valence-electron chi connectivity index (χ4n) is 2.61. The number of benzene rings is 2. The smallest absolute Gasteiger partial charge is 0.329 e. The predicted octanol–water partition coefficient (Wildman–Crippen LogP) is 2.92. The molecule has 0 fully saturated rings. The molecular formula is C23H28N2O4. The first-order valence-electron chi connectivity index (χ1n) is 9.62. The number of ether oxygens (including phenoxy) is 1. The Morgan fingerprint density at radius 2 is 1.45 bits per heavy atom. The highest BCUT2D eigenvalue weighted by Crippen LogP contribution is 2.08. The topological polar surface area (TPSA) is 84.5 Å².